The van der Waals surface area contributed by atoms with Crippen LogP contribution in [0.15, 0.2) is 24.3 Å². The zero-order valence-electron chi connectivity index (χ0n) is 11.7. The maximum atomic E-state index is 11.8. The highest BCUT2D eigenvalue weighted by molar-refractivity contribution is 5.27. The zero-order chi connectivity index (χ0) is 15.0. The minimum atomic E-state index is -4.26. The van der Waals surface area contributed by atoms with E-state index < -0.39 is 12.8 Å². The van der Waals surface area contributed by atoms with E-state index in [1.165, 1.54) is 0 Å². The van der Waals surface area contributed by atoms with Gasteiger partial charge in [-0.2, -0.15) is 13.2 Å². The third kappa shape index (κ3) is 8.01. The van der Waals surface area contributed by atoms with Crippen LogP contribution in [0.1, 0.15) is 19.4 Å². The summed E-state index contributed by atoms with van der Waals surface area (Å²) in [5.74, 6) is 0.803. The molecule has 3 nitrogen and oxygen atoms in total. The number of alkyl halides is 3. The van der Waals surface area contributed by atoms with Crippen molar-refractivity contribution in [3.63, 3.8) is 0 Å². The summed E-state index contributed by atoms with van der Waals surface area (Å²) in [6.07, 6.45) is -4.13. The van der Waals surface area contributed by atoms with Crippen molar-refractivity contribution in [1.82, 2.24) is 5.32 Å². The van der Waals surface area contributed by atoms with Crippen molar-refractivity contribution in [2.75, 3.05) is 19.8 Å². The number of rotatable bonds is 8. The second-order valence-corrected chi connectivity index (χ2v) is 4.66. The first-order valence-electron chi connectivity index (χ1n) is 6.47. The first kappa shape index (κ1) is 16.8. The van der Waals surface area contributed by atoms with Gasteiger partial charge in [-0.05, 0) is 31.5 Å². The molecule has 6 heteroatoms. The summed E-state index contributed by atoms with van der Waals surface area (Å²) in [5.41, 5.74) is 1.04. The number of halogens is 3. The predicted molar refractivity (Wildman–Crippen MR) is 70.8 cm³/mol. The highest BCUT2D eigenvalue weighted by atomic mass is 19.4. The van der Waals surface area contributed by atoms with Crippen LogP contribution >= 0.6 is 0 Å². The van der Waals surface area contributed by atoms with Crippen LogP contribution in [0.3, 0.4) is 0 Å². The Morgan fingerprint density at radius 1 is 1.15 bits per heavy atom. The van der Waals surface area contributed by atoms with E-state index in [2.05, 4.69) is 10.1 Å². The van der Waals surface area contributed by atoms with E-state index >= 15 is 0 Å². The second kappa shape index (κ2) is 8.11. The summed E-state index contributed by atoms with van der Waals surface area (Å²) in [4.78, 5) is 0. The largest absolute Gasteiger partial charge is 0.491 e. The quantitative estimate of drug-likeness (QED) is 0.746. The number of ether oxygens (including phenoxy) is 2. The molecule has 0 fully saturated rings. The van der Waals surface area contributed by atoms with Crippen LogP contribution < -0.4 is 10.1 Å². The third-order valence-corrected chi connectivity index (χ3v) is 2.31. The Morgan fingerprint density at radius 2 is 1.80 bits per heavy atom. The SMILES string of the molecule is CC(C)Oc1ccc(CNCCOCC(F)(F)F)cc1. The Balaban J connectivity index is 2.16. The summed E-state index contributed by atoms with van der Waals surface area (Å²) in [6.45, 7) is 3.70. The average molecular weight is 291 g/mol. The lowest BCUT2D eigenvalue weighted by atomic mass is 10.2. The number of hydrogen-bond acceptors (Lipinski definition) is 3. The third-order valence-electron chi connectivity index (χ3n) is 2.31. The van der Waals surface area contributed by atoms with Gasteiger partial charge in [-0.1, -0.05) is 12.1 Å². The Hall–Kier alpha value is -1.27. The van der Waals surface area contributed by atoms with Crippen molar-refractivity contribution in [3.05, 3.63) is 29.8 Å². The molecular weight excluding hydrogens is 271 g/mol. The van der Waals surface area contributed by atoms with Crippen molar-refractivity contribution in [2.24, 2.45) is 0 Å². The molecule has 0 saturated carbocycles. The summed E-state index contributed by atoms with van der Waals surface area (Å²) in [5, 5.41) is 3.02. The van der Waals surface area contributed by atoms with Crippen LogP contribution in [0, 0.1) is 0 Å². The molecule has 1 rings (SSSR count). The van der Waals surface area contributed by atoms with Crippen LogP contribution in [0.4, 0.5) is 13.2 Å². The molecule has 0 aromatic heterocycles. The molecule has 0 saturated heterocycles. The Kier molecular flexibility index (Phi) is 6.81. The van der Waals surface area contributed by atoms with Crippen LogP contribution in [0.5, 0.6) is 5.75 Å². The summed E-state index contributed by atoms with van der Waals surface area (Å²) < 4.78 is 45.4. The standard InChI is InChI=1S/C14H20F3NO2/c1-11(2)20-13-5-3-12(4-6-13)9-18-7-8-19-10-14(15,16)17/h3-6,11,18H,7-10H2,1-2H3. The maximum absolute atomic E-state index is 11.8. The van der Waals surface area contributed by atoms with Crippen molar-refractivity contribution in [1.29, 1.82) is 0 Å². The van der Waals surface area contributed by atoms with E-state index in [4.69, 9.17) is 4.74 Å². The van der Waals surface area contributed by atoms with E-state index in [1.807, 2.05) is 38.1 Å². The zero-order valence-corrected chi connectivity index (χ0v) is 11.7. The lowest BCUT2D eigenvalue weighted by Gasteiger charge is -2.11. The topological polar surface area (TPSA) is 30.5 Å². The molecular formula is C14H20F3NO2. The van der Waals surface area contributed by atoms with Crippen LogP contribution in [-0.4, -0.2) is 32.0 Å². The highest BCUT2D eigenvalue weighted by Crippen LogP contribution is 2.14. The van der Waals surface area contributed by atoms with Crippen molar-refractivity contribution in [2.45, 2.75) is 32.7 Å². The van der Waals surface area contributed by atoms with E-state index in [1.54, 1.807) is 0 Å². The lowest BCUT2D eigenvalue weighted by molar-refractivity contribution is -0.173. The lowest BCUT2D eigenvalue weighted by Crippen LogP contribution is -2.23. The maximum Gasteiger partial charge on any atom is 0.411 e. The van der Waals surface area contributed by atoms with Crippen LogP contribution in [0.25, 0.3) is 0 Å². The Bertz CT molecular complexity index is 377. The first-order valence-corrected chi connectivity index (χ1v) is 6.47. The second-order valence-electron chi connectivity index (χ2n) is 4.66. The molecule has 0 aliphatic heterocycles. The molecule has 0 radical (unpaired) electrons. The molecule has 0 bridgehead atoms. The van der Waals surface area contributed by atoms with Gasteiger partial charge in [0.05, 0.1) is 12.7 Å². The van der Waals surface area contributed by atoms with E-state index in [0.717, 1.165) is 11.3 Å². The molecule has 1 aromatic rings. The molecule has 0 atom stereocenters. The summed E-state index contributed by atoms with van der Waals surface area (Å²) in [6, 6.07) is 7.58. The molecule has 1 aromatic carbocycles. The summed E-state index contributed by atoms with van der Waals surface area (Å²) in [7, 11) is 0. The van der Waals surface area contributed by atoms with Crippen molar-refractivity contribution >= 4 is 0 Å². The molecule has 0 amide bonds. The normalized spacial score (nSPS) is 11.9. The van der Waals surface area contributed by atoms with Gasteiger partial charge in [0, 0.05) is 13.1 Å². The molecule has 1 N–H and O–H groups in total. The van der Waals surface area contributed by atoms with Crippen LogP contribution in [0.2, 0.25) is 0 Å². The van der Waals surface area contributed by atoms with Gasteiger partial charge in [0.25, 0.3) is 0 Å². The van der Waals surface area contributed by atoms with Gasteiger partial charge in [-0.3, -0.25) is 0 Å². The number of hydrogen-bond donors (Lipinski definition) is 1. The molecule has 20 heavy (non-hydrogen) atoms. The van der Waals surface area contributed by atoms with Gasteiger partial charge in [-0.15, -0.1) is 0 Å². The molecule has 0 aliphatic rings. The fourth-order valence-electron chi connectivity index (χ4n) is 1.52. The van der Waals surface area contributed by atoms with Gasteiger partial charge < -0.3 is 14.8 Å². The van der Waals surface area contributed by atoms with Crippen molar-refractivity contribution < 1.29 is 22.6 Å². The van der Waals surface area contributed by atoms with E-state index in [9.17, 15) is 13.2 Å². The molecule has 0 unspecified atom stereocenters. The van der Waals surface area contributed by atoms with Crippen molar-refractivity contribution in [3.8, 4) is 5.75 Å². The first-order chi connectivity index (χ1) is 9.37. The van der Waals surface area contributed by atoms with Gasteiger partial charge in [0.2, 0.25) is 0 Å². The van der Waals surface area contributed by atoms with E-state index in [0.29, 0.717) is 13.1 Å². The van der Waals surface area contributed by atoms with Gasteiger partial charge in [0.15, 0.2) is 0 Å². The average Bonchev–Trinajstić information content (AvgIpc) is 2.33. The predicted octanol–water partition coefficient (Wildman–Crippen LogP) is 3.14. The summed E-state index contributed by atoms with van der Waals surface area (Å²) >= 11 is 0. The van der Waals surface area contributed by atoms with Gasteiger partial charge in [0.1, 0.15) is 12.4 Å². The molecule has 0 spiro atoms. The molecule has 114 valence electrons. The smallest absolute Gasteiger partial charge is 0.411 e. The highest BCUT2D eigenvalue weighted by Gasteiger charge is 2.27. The Morgan fingerprint density at radius 3 is 2.35 bits per heavy atom. The monoisotopic (exact) mass is 291 g/mol. The van der Waals surface area contributed by atoms with E-state index in [-0.39, 0.29) is 12.7 Å². The number of benzene rings is 1. The molecule has 0 heterocycles. The molecule has 0 aliphatic carbocycles. The fraction of sp³-hybridized carbons (Fsp3) is 0.571. The van der Waals surface area contributed by atoms with Gasteiger partial charge >= 0.3 is 6.18 Å². The number of nitrogens with one attached hydrogen (secondary N) is 1. The van der Waals surface area contributed by atoms with Gasteiger partial charge in [-0.25, -0.2) is 0 Å². The minimum absolute atomic E-state index is 0.0358. The fourth-order valence-corrected chi connectivity index (χ4v) is 1.52. The Labute approximate surface area is 117 Å². The van der Waals surface area contributed by atoms with Crippen LogP contribution in [-0.2, 0) is 11.3 Å². The minimum Gasteiger partial charge on any atom is -0.491 e.